The molecule has 0 saturated heterocycles. The van der Waals surface area contributed by atoms with E-state index in [9.17, 15) is 4.79 Å². The molecule has 4 heteroatoms. The Hall–Kier alpha value is -2.02. The minimum Gasteiger partial charge on any atom is -0.447 e. The van der Waals surface area contributed by atoms with Gasteiger partial charge in [-0.3, -0.25) is 0 Å². The van der Waals surface area contributed by atoms with Crippen LogP contribution in [-0.2, 0) is 4.74 Å². The third-order valence-corrected chi connectivity index (χ3v) is 1.78. The molecule has 2 N–H and O–H groups in total. The predicted octanol–water partition coefficient (Wildman–Crippen LogP) is 1.26. The summed E-state index contributed by atoms with van der Waals surface area (Å²) in [6.45, 7) is 1.60. The molecule has 0 bridgehead atoms. The number of aryl methyl sites for hydroxylation is 1. The van der Waals surface area contributed by atoms with Crippen molar-refractivity contribution in [3.63, 3.8) is 0 Å². The highest BCUT2D eigenvalue weighted by molar-refractivity contribution is 5.90. The van der Waals surface area contributed by atoms with Crippen molar-refractivity contribution in [2.75, 3.05) is 12.3 Å². The molecule has 1 rings (SSSR count). The second-order valence-corrected chi connectivity index (χ2v) is 2.81. The van der Waals surface area contributed by atoms with Crippen molar-refractivity contribution in [1.29, 1.82) is 5.26 Å². The number of nitriles is 1. The summed E-state index contributed by atoms with van der Waals surface area (Å²) in [5.41, 5.74) is 7.42. The van der Waals surface area contributed by atoms with Crippen LogP contribution < -0.4 is 5.73 Å². The molecule has 0 unspecified atom stereocenters. The Bertz CT molecular complexity index is 394. The molecule has 0 amide bonds. The number of hydrogen-bond donors (Lipinski definition) is 1. The van der Waals surface area contributed by atoms with Crippen LogP contribution in [-0.4, -0.2) is 12.6 Å². The van der Waals surface area contributed by atoms with Gasteiger partial charge in [-0.25, -0.2) is 4.79 Å². The molecule has 14 heavy (non-hydrogen) atoms. The number of ether oxygens (including phenoxy) is 1. The van der Waals surface area contributed by atoms with Gasteiger partial charge in [0.2, 0.25) is 0 Å². The fraction of sp³-hybridized carbons (Fsp3) is 0.200. The number of esters is 1. The van der Waals surface area contributed by atoms with Crippen LogP contribution in [0.3, 0.4) is 0 Å². The first-order valence-corrected chi connectivity index (χ1v) is 4.05. The van der Waals surface area contributed by atoms with Gasteiger partial charge < -0.3 is 10.5 Å². The minimum atomic E-state index is -0.529. The van der Waals surface area contributed by atoms with Gasteiger partial charge in [0.05, 0.1) is 5.56 Å². The lowest BCUT2D eigenvalue weighted by Gasteiger charge is -2.03. The Labute approximate surface area is 81.9 Å². The van der Waals surface area contributed by atoms with E-state index >= 15 is 0 Å². The molecule has 0 aliphatic carbocycles. The molecule has 0 heterocycles. The van der Waals surface area contributed by atoms with E-state index in [4.69, 9.17) is 11.0 Å². The van der Waals surface area contributed by atoms with Crippen molar-refractivity contribution in [3.05, 3.63) is 29.3 Å². The van der Waals surface area contributed by atoms with Crippen molar-refractivity contribution in [1.82, 2.24) is 0 Å². The van der Waals surface area contributed by atoms with Crippen LogP contribution in [0.4, 0.5) is 5.69 Å². The molecule has 0 saturated carbocycles. The SMILES string of the molecule is Cc1ccc(C(=O)OCC#N)cc1N. The van der Waals surface area contributed by atoms with E-state index in [-0.39, 0.29) is 6.61 Å². The van der Waals surface area contributed by atoms with Crippen LogP contribution in [0.2, 0.25) is 0 Å². The summed E-state index contributed by atoms with van der Waals surface area (Å²) in [7, 11) is 0. The van der Waals surface area contributed by atoms with Gasteiger partial charge in [-0.1, -0.05) is 6.07 Å². The van der Waals surface area contributed by atoms with Gasteiger partial charge >= 0.3 is 5.97 Å². The third-order valence-electron chi connectivity index (χ3n) is 1.78. The molecule has 0 aliphatic rings. The monoisotopic (exact) mass is 190 g/mol. The number of anilines is 1. The summed E-state index contributed by atoms with van der Waals surface area (Å²) in [5, 5.41) is 8.21. The van der Waals surface area contributed by atoms with Crippen LogP contribution in [0.25, 0.3) is 0 Å². The second kappa shape index (κ2) is 4.28. The van der Waals surface area contributed by atoms with E-state index in [1.165, 1.54) is 6.07 Å². The van der Waals surface area contributed by atoms with Gasteiger partial charge in [0.1, 0.15) is 6.07 Å². The summed E-state index contributed by atoms with van der Waals surface area (Å²) in [4.78, 5) is 11.2. The Kier molecular flexibility index (Phi) is 3.08. The van der Waals surface area contributed by atoms with Gasteiger partial charge in [0.15, 0.2) is 6.61 Å². The van der Waals surface area contributed by atoms with Crippen molar-refractivity contribution >= 4 is 11.7 Å². The van der Waals surface area contributed by atoms with Crippen LogP contribution >= 0.6 is 0 Å². The normalized spacial score (nSPS) is 9.14. The maximum atomic E-state index is 11.2. The zero-order valence-electron chi connectivity index (χ0n) is 7.78. The molecular formula is C10H10N2O2. The Morgan fingerprint density at radius 3 is 2.93 bits per heavy atom. The summed E-state index contributed by atoms with van der Waals surface area (Å²) < 4.78 is 4.62. The Morgan fingerprint density at radius 1 is 1.64 bits per heavy atom. The zero-order chi connectivity index (χ0) is 10.6. The van der Waals surface area contributed by atoms with E-state index in [1.54, 1.807) is 18.2 Å². The largest absolute Gasteiger partial charge is 0.447 e. The predicted molar refractivity (Wildman–Crippen MR) is 51.5 cm³/mol. The number of nitrogen functional groups attached to an aromatic ring is 1. The van der Waals surface area contributed by atoms with Gasteiger partial charge in [0.25, 0.3) is 0 Å². The van der Waals surface area contributed by atoms with Gasteiger partial charge in [-0.05, 0) is 24.6 Å². The topological polar surface area (TPSA) is 76.1 Å². The summed E-state index contributed by atoms with van der Waals surface area (Å²) in [6.07, 6.45) is 0. The summed E-state index contributed by atoms with van der Waals surface area (Å²) in [5.74, 6) is -0.529. The molecule has 0 aliphatic heterocycles. The Balaban J connectivity index is 2.82. The minimum absolute atomic E-state index is 0.243. The van der Waals surface area contributed by atoms with E-state index in [0.717, 1.165) is 5.56 Å². The number of hydrogen-bond acceptors (Lipinski definition) is 4. The average Bonchev–Trinajstić information content (AvgIpc) is 2.18. The fourth-order valence-electron chi connectivity index (χ4n) is 0.949. The lowest BCUT2D eigenvalue weighted by Crippen LogP contribution is -2.06. The smallest absolute Gasteiger partial charge is 0.339 e. The first-order chi connectivity index (χ1) is 6.65. The van der Waals surface area contributed by atoms with E-state index in [1.807, 2.05) is 6.92 Å². The first-order valence-electron chi connectivity index (χ1n) is 4.05. The molecule has 0 spiro atoms. The number of nitrogens with two attached hydrogens (primary N) is 1. The highest BCUT2D eigenvalue weighted by Gasteiger charge is 2.07. The number of carbonyl (C=O) groups excluding carboxylic acids is 1. The van der Waals surface area contributed by atoms with E-state index < -0.39 is 5.97 Å². The number of benzene rings is 1. The third kappa shape index (κ3) is 2.23. The first kappa shape index (κ1) is 10.1. The fourth-order valence-corrected chi connectivity index (χ4v) is 0.949. The number of carbonyl (C=O) groups is 1. The maximum Gasteiger partial charge on any atom is 0.339 e. The second-order valence-electron chi connectivity index (χ2n) is 2.81. The zero-order valence-corrected chi connectivity index (χ0v) is 7.78. The molecule has 0 atom stereocenters. The number of rotatable bonds is 2. The number of nitrogens with zero attached hydrogens (tertiary/aromatic N) is 1. The maximum absolute atomic E-state index is 11.2. The van der Waals surface area contributed by atoms with Crippen LogP contribution in [0.15, 0.2) is 18.2 Å². The van der Waals surface area contributed by atoms with E-state index in [2.05, 4.69) is 4.74 Å². The standard InChI is InChI=1S/C10H10N2O2/c1-7-2-3-8(6-9(7)12)10(13)14-5-4-11/h2-3,6H,5,12H2,1H3. The van der Waals surface area contributed by atoms with Crippen LogP contribution in [0.1, 0.15) is 15.9 Å². The molecule has 4 nitrogen and oxygen atoms in total. The van der Waals surface area contributed by atoms with Crippen molar-refractivity contribution in [2.45, 2.75) is 6.92 Å². The highest BCUT2D eigenvalue weighted by Crippen LogP contribution is 2.13. The molecule has 1 aromatic carbocycles. The van der Waals surface area contributed by atoms with Crippen LogP contribution in [0.5, 0.6) is 0 Å². The van der Waals surface area contributed by atoms with Crippen LogP contribution in [0, 0.1) is 18.3 Å². The summed E-state index contributed by atoms with van der Waals surface area (Å²) in [6, 6.07) is 6.61. The molecule has 1 aromatic rings. The molecule has 72 valence electrons. The van der Waals surface area contributed by atoms with E-state index in [0.29, 0.717) is 11.3 Å². The molecular weight excluding hydrogens is 180 g/mol. The van der Waals surface area contributed by atoms with Gasteiger partial charge in [-0.15, -0.1) is 0 Å². The van der Waals surface area contributed by atoms with Crippen molar-refractivity contribution in [3.8, 4) is 6.07 Å². The lowest BCUT2D eigenvalue weighted by molar-refractivity contribution is 0.0555. The molecule has 0 fully saturated rings. The molecule has 0 radical (unpaired) electrons. The average molecular weight is 190 g/mol. The van der Waals surface area contributed by atoms with Crippen molar-refractivity contribution in [2.24, 2.45) is 0 Å². The summed E-state index contributed by atoms with van der Waals surface area (Å²) >= 11 is 0. The Morgan fingerprint density at radius 2 is 2.36 bits per heavy atom. The molecule has 0 aromatic heterocycles. The quantitative estimate of drug-likeness (QED) is 0.562. The van der Waals surface area contributed by atoms with Gasteiger partial charge in [-0.2, -0.15) is 5.26 Å². The van der Waals surface area contributed by atoms with Gasteiger partial charge in [0, 0.05) is 5.69 Å². The highest BCUT2D eigenvalue weighted by atomic mass is 16.5. The van der Waals surface area contributed by atoms with Crippen molar-refractivity contribution < 1.29 is 9.53 Å². The lowest BCUT2D eigenvalue weighted by atomic mass is 10.1.